The smallest absolute Gasteiger partial charge is 0.258 e. The minimum atomic E-state index is -0.210. The molecule has 0 radical (unpaired) electrons. The lowest BCUT2D eigenvalue weighted by atomic mass is 9.89. The van der Waals surface area contributed by atoms with Gasteiger partial charge in [-0.2, -0.15) is 0 Å². The number of carbonyl (C=O) groups is 2. The van der Waals surface area contributed by atoms with Crippen LogP contribution in [-0.4, -0.2) is 22.8 Å². The van der Waals surface area contributed by atoms with E-state index in [1.54, 1.807) is 16.7 Å². The van der Waals surface area contributed by atoms with Gasteiger partial charge in [0, 0.05) is 29.9 Å². The van der Waals surface area contributed by atoms with Crippen LogP contribution >= 0.6 is 23.2 Å². The highest BCUT2D eigenvalue weighted by Gasteiger charge is 2.38. The van der Waals surface area contributed by atoms with E-state index in [9.17, 15) is 9.59 Å². The minimum absolute atomic E-state index is 0.0503. The van der Waals surface area contributed by atoms with Crippen LogP contribution in [0.3, 0.4) is 0 Å². The molecule has 2 atom stereocenters. The Kier molecular flexibility index (Phi) is 5.99. The second-order valence-electron chi connectivity index (χ2n) is 7.56. The third-order valence-corrected chi connectivity index (χ3v) is 5.86. The van der Waals surface area contributed by atoms with E-state index in [0.717, 1.165) is 16.9 Å². The van der Waals surface area contributed by atoms with Gasteiger partial charge in [-0.05, 0) is 49.2 Å². The molecule has 2 aromatic carbocycles. The maximum atomic E-state index is 13.5. The third-order valence-electron chi connectivity index (χ3n) is 5.47. The van der Waals surface area contributed by atoms with E-state index in [0.29, 0.717) is 12.0 Å². The molecule has 0 unspecified atom stereocenters. The Morgan fingerprint density at radius 1 is 1.00 bits per heavy atom. The summed E-state index contributed by atoms with van der Waals surface area (Å²) in [6, 6.07) is 20.0. The van der Waals surface area contributed by atoms with Crippen molar-refractivity contribution in [2.75, 3.05) is 9.80 Å². The summed E-state index contributed by atoms with van der Waals surface area (Å²) < 4.78 is 0. The first-order valence-corrected chi connectivity index (χ1v) is 10.7. The number of rotatable bonds is 3. The fraction of sp³-hybridized carbons (Fsp3) is 0.208. The van der Waals surface area contributed by atoms with Crippen molar-refractivity contribution < 1.29 is 9.59 Å². The molecule has 158 valence electrons. The Morgan fingerprint density at radius 3 is 2.26 bits per heavy atom. The van der Waals surface area contributed by atoms with E-state index in [2.05, 4.69) is 4.98 Å². The van der Waals surface area contributed by atoms with Gasteiger partial charge in [0.05, 0.1) is 6.04 Å². The van der Waals surface area contributed by atoms with Gasteiger partial charge in [-0.3, -0.25) is 9.59 Å². The zero-order valence-electron chi connectivity index (χ0n) is 17.1. The first-order chi connectivity index (χ1) is 14.9. The number of fused-ring (bicyclic) bond motifs is 1. The number of pyridine rings is 1. The van der Waals surface area contributed by atoms with E-state index < -0.39 is 0 Å². The second kappa shape index (κ2) is 8.69. The molecular weight excluding hydrogens is 433 g/mol. The van der Waals surface area contributed by atoms with E-state index in [1.165, 1.54) is 12.1 Å². The summed E-state index contributed by atoms with van der Waals surface area (Å²) in [6.07, 6.45) is 0.587. The maximum absolute atomic E-state index is 13.5. The molecule has 3 aromatic rings. The Balaban J connectivity index is 1.79. The van der Waals surface area contributed by atoms with Crippen molar-refractivity contribution in [2.45, 2.75) is 32.4 Å². The Bertz CT molecular complexity index is 1120. The van der Waals surface area contributed by atoms with Crippen molar-refractivity contribution in [1.29, 1.82) is 0 Å². The van der Waals surface area contributed by atoms with Crippen molar-refractivity contribution in [3.63, 3.8) is 0 Å². The molecule has 0 bridgehead atoms. The van der Waals surface area contributed by atoms with Gasteiger partial charge in [-0.1, -0.05) is 59.6 Å². The molecule has 4 rings (SSSR count). The zero-order chi connectivity index (χ0) is 22.1. The van der Waals surface area contributed by atoms with Crippen LogP contribution in [0.25, 0.3) is 0 Å². The monoisotopic (exact) mass is 453 g/mol. The highest BCUT2D eigenvalue weighted by atomic mass is 35.5. The van der Waals surface area contributed by atoms with Crippen LogP contribution in [0.2, 0.25) is 10.3 Å². The molecular formula is C24H21Cl2N3O2. The van der Waals surface area contributed by atoms with Gasteiger partial charge in [0.2, 0.25) is 5.91 Å². The summed E-state index contributed by atoms with van der Waals surface area (Å²) in [7, 11) is 0. The van der Waals surface area contributed by atoms with Gasteiger partial charge in [0.25, 0.3) is 5.91 Å². The number of nitrogens with zero attached hydrogens (tertiary/aromatic N) is 3. The van der Waals surface area contributed by atoms with Crippen molar-refractivity contribution in [1.82, 2.24) is 4.98 Å². The molecule has 2 heterocycles. The lowest BCUT2D eigenvalue weighted by molar-refractivity contribution is -0.117. The average molecular weight is 454 g/mol. The summed E-state index contributed by atoms with van der Waals surface area (Å²) in [6.45, 7) is 3.55. The molecule has 0 saturated heterocycles. The molecule has 7 heteroatoms. The number of carbonyl (C=O) groups excluding carboxylic acids is 2. The molecule has 0 spiro atoms. The van der Waals surface area contributed by atoms with Gasteiger partial charge in [-0.25, -0.2) is 4.98 Å². The van der Waals surface area contributed by atoms with Crippen LogP contribution in [0.5, 0.6) is 0 Å². The first-order valence-electron chi connectivity index (χ1n) is 9.97. The van der Waals surface area contributed by atoms with Crippen molar-refractivity contribution >= 4 is 46.4 Å². The normalized spacial score (nSPS) is 17.7. The topological polar surface area (TPSA) is 53.5 Å². The van der Waals surface area contributed by atoms with Crippen LogP contribution in [0.4, 0.5) is 11.4 Å². The van der Waals surface area contributed by atoms with Crippen LogP contribution in [-0.2, 0) is 4.79 Å². The van der Waals surface area contributed by atoms with Gasteiger partial charge < -0.3 is 9.80 Å². The van der Waals surface area contributed by atoms with Gasteiger partial charge in [0.15, 0.2) is 0 Å². The van der Waals surface area contributed by atoms with E-state index in [4.69, 9.17) is 23.2 Å². The van der Waals surface area contributed by atoms with Crippen molar-refractivity contribution in [3.8, 4) is 0 Å². The molecule has 0 N–H and O–H groups in total. The number of hydrogen-bond donors (Lipinski definition) is 0. The number of aromatic nitrogens is 1. The fourth-order valence-corrected chi connectivity index (χ4v) is 4.69. The molecule has 1 aliphatic heterocycles. The lowest BCUT2D eigenvalue weighted by Crippen LogP contribution is -2.47. The minimum Gasteiger partial charge on any atom is -0.305 e. The first kappa shape index (κ1) is 21.3. The largest absolute Gasteiger partial charge is 0.305 e. The quantitative estimate of drug-likeness (QED) is 0.462. The van der Waals surface area contributed by atoms with Crippen LogP contribution in [0.1, 0.15) is 42.2 Å². The van der Waals surface area contributed by atoms with Gasteiger partial charge in [-0.15, -0.1) is 0 Å². The number of anilines is 2. The van der Waals surface area contributed by atoms with Crippen molar-refractivity contribution in [2.24, 2.45) is 0 Å². The molecule has 2 amide bonds. The summed E-state index contributed by atoms with van der Waals surface area (Å²) >= 11 is 12.1. The van der Waals surface area contributed by atoms with Crippen LogP contribution in [0, 0.1) is 0 Å². The summed E-state index contributed by atoms with van der Waals surface area (Å²) in [4.78, 5) is 33.6. The standard InChI is InChI=1S/C24H21Cl2N3O2/c1-15-12-21(29(16(2)30)18-8-4-3-5-9-18)19-10-6-7-11-20(19)28(15)24(31)17-13-22(25)27-23(26)14-17/h3-11,13-15,21H,12H2,1-2H3/t15-,21+/m0/s1. The van der Waals surface area contributed by atoms with Gasteiger partial charge in [0.1, 0.15) is 10.3 Å². The van der Waals surface area contributed by atoms with Gasteiger partial charge >= 0.3 is 0 Å². The molecule has 0 saturated carbocycles. The number of para-hydroxylation sites is 2. The SMILES string of the molecule is CC(=O)N(c1ccccc1)[C@@H]1C[C@H](C)N(C(=O)c2cc(Cl)nc(Cl)c2)c2ccccc21. The molecule has 0 aliphatic carbocycles. The van der Waals surface area contributed by atoms with Crippen molar-refractivity contribution in [3.05, 3.63) is 88.2 Å². The van der Waals surface area contributed by atoms with Crippen LogP contribution < -0.4 is 9.80 Å². The number of amides is 2. The molecule has 0 fully saturated rings. The highest BCUT2D eigenvalue weighted by Crippen LogP contribution is 2.42. The average Bonchev–Trinajstić information content (AvgIpc) is 2.73. The van der Waals surface area contributed by atoms with Crippen LogP contribution in [0.15, 0.2) is 66.7 Å². The third kappa shape index (κ3) is 4.16. The zero-order valence-corrected chi connectivity index (χ0v) is 18.6. The second-order valence-corrected chi connectivity index (χ2v) is 8.33. The molecule has 31 heavy (non-hydrogen) atoms. The summed E-state index contributed by atoms with van der Waals surface area (Å²) in [5.74, 6) is -0.260. The summed E-state index contributed by atoms with van der Waals surface area (Å²) in [5, 5.41) is 0.331. The molecule has 5 nitrogen and oxygen atoms in total. The lowest BCUT2D eigenvalue weighted by Gasteiger charge is -2.43. The number of benzene rings is 2. The van der Waals surface area contributed by atoms with E-state index >= 15 is 0 Å². The Labute approximate surface area is 191 Å². The predicted molar refractivity (Wildman–Crippen MR) is 124 cm³/mol. The number of hydrogen-bond acceptors (Lipinski definition) is 3. The van der Waals surface area contributed by atoms with E-state index in [-0.39, 0.29) is 34.2 Å². The molecule has 1 aromatic heterocycles. The number of halogens is 2. The Morgan fingerprint density at radius 2 is 1.61 bits per heavy atom. The Hall–Kier alpha value is -2.89. The molecule has 1 aliphatic rings. The highest BCUT2D eigenvalue weighted by molar-refractivity contribution is 6.33. The summed E-state index contributed by atoms with van der Waals surface area (Å²) in [5.41, 5.74) is 2.88. The fourth-order valence-electron chi connectivity index (χ4n) is 4.23. The maximum Gasteiger partial charge on any atom is 0.258 e. The van der Waals surface area contributed by atoms with E-state index in [1.807, 2.05) is 61.5 Å². The predicted octanol–water partition coefficient (Wildman–Crippen LogP) is 5.92.